The summed E-state index contributed by atoms with van der Waals surface area (Å²) < 4.78 is 0. The maximum atomic E-state index is 11.1. The lowest BCUT2D eigenvalue weighted by atomic mass is 9.75. The van der Waals surface area contributed by atoms with E-state index in [0.717, 1.165) is 0 Å². The molecule has 1 aliphatic rings. The molecule has 0 aliphatic heterocycles. The van der Waals surface area contributed by atoms with Crippen molar-refractivity contribution in [1.82, 2.24) is 0 Å². The van der Waals surface area contributed by atoms with Crippen LogP contribution in [0.5, 0.6) is 0 Å². The van der Waals surface area contributed by atoms with E-state index in [4.69, 9.17) is 0 Å². The van der Waals surface area contributed by atoms with Gasteiger partial charge in [-0.15, -0.1) is 0 Å². The van der Waals surface area contributed by atoms with Gasteiger partial charge in [0.2, 0.25) is 0 Å². The van der Waals surface area contributed by atoms with Crippen LogP contribution in [0, 0.1) is 11.3 Å². The van der Waals surface area contributed by atoms with E-state index in [1.807, 2.05) is 0 Å². The molecule has 0 spiro atoms. The van der Waals surface area contributed by atoms with Crippen LogP contribution in [0.15, 0.2) is 0 Å². The Balaban J connectivity index is 2.63. The van der Waals surface area contributed by atoms with Crippen LogP contribution in [-0.4, -0.2) is 5.78 Å². The normalized spacial score (nSPS) is 25.0. The minimum Gasteiger partial charge on any atom is -0.300 e. The summed E-state index contributed by atoms with van der Waals surface area (Å²) in [4.78, 5) is 11.1. The third kappa shape index (κ3) is 1.63. The second kappa shape index (κ2) is 2.96. The van der Waals surface area contributed by atoms with Crippen LogP contribution < -0.4 is 0 Å². The van der Waals surface area contributed by atoms with Gasteiger partial charge in [0.05, 0.1) is 0 Å². The highest BCUT2D eigenvalue weighted by molar-refractivity contribution is 5.78. The van der Waals surface area contributed by atoms with Crippen LogP contribution in [-0.2, 0) is 4.79 Å². The third-order valence-corrected chi connectivity index (χ3v) is 3.40. The summed E-state index contributed by atoms with van der Waals surface area (Å²) in [7, 11) is 0. The molecule has 0 aromatic heterocycles. The number of hydrogen-bond acceptors (Lipinski definition) is 1. The SMILES string of the molecule is CC(=O)C(C)C1(C)CCCC1. The number of Topliss-reactive ketones (excluding diaryl/α,β-unsaturated/α-hetero) is 1. The molecule has 64 valence electrons. The topological polar surface area (TPSA) is 17.1 Å². The van der Waals surface area contributed by atoms with Gasteiger partial charge >= 0.3 is 0 Å². The van der Waals surface area contributed by atoms with E-state index >= 15 is 0 Å². The summed E-state index contributed by atoms with van der Waals surface area (Å²) in [5.74, 6) is 0.624. The van der Waals surface area contributed by atoms with E-state index in [9.17, 15) is 4.79 Å². The van der Waals surface area contributed by atoms with E-state index in [1.165, 1.54) is 25.7 Å². The molecule has 0 radical (unpaired) electrons. The molecule has 1 rings (SSSR count). The Hall–Kier alpha value is -0.330. The zero-order valence-electron chi connectivity index (χ0n) is 7.81. The number of ketones is 1. The lowest BCUT2D eigenvalue weighted by Gasteiger charge is -2.29. The Morgan fingerprint density at radius 2 is 1.82 bits per heavy atom. The molecule has 0 N–H and O–H groups in total. The molecular weight excluding hydrogens is 136 g/mol. The number of carbonyl (C=O) groups excluding carboxylic acids is 1. The molecular formula is C10H18O. The molecule has 1 aliphatic carbocycles. The monoisotopic (exact) mass is 154 g/mol. The lowest BCUT2D eigenvalue weighted by molar-refractivity contribution is -0.123. The summed E-state index contributed by atoms with van der Waals surface area (Å²) >= 11 is 0. The van der Waals surface area contributed by atoms with E-state index in [1.54, 1.807) is 6.92 Å². The van der Waals surface area contributed by atoms with Gasteiger partial charge in [-0.25, -0.2) is 0 Å². The smallest absolute Gasteiger partial charge is 0.133 e. The Bertz CT molecular complexity index is 154. The lowest BCUT2D eigenvalue weighted by Crippen LogP contribution is -2.26. The first kappa shape index (κ1) is 8.76. The molecule has 0 bridgehead atoms. The molecule has 1 saturated carbocycles. The predicted octanol–water partition coefficient (Wildman–Crippen LogP) is 2.79. The van der Waals surface area contributed by atoms with Crippen molar-refractivity contribution < 1.29 is 4.79 Å². The zero-order valence-corrected chi connectivity index (χ0v) is 7.81. The Labute approximate surface area is 69.2 Å². The summed E-state index contributed by atoms with van der Waals surface area (Å²) in [6, 6.07) is 0. The minimum atomic E-state index is 0.269. The van der Waals surface area contributed by atoms with Gasteiger partial charge in [0, 0.05) is 5.92 Å². The van der Waals surface area contributed by atoms with Crippen LogP contribution in [0.2, 0.25) is 0 Å². The number of rotatable bonds is 2. The first-order chi connectivity index (χ1) is 5.06. The standard InChI is InChI=1S/C10H18O/c1-8(9(2)11)10(3)6-4-5-7-10/h8H,4-7H2,1-3H3. The van der Waals surface area contributed by atoms with Gasteiger partial charge in [-0.2, -0.15) is 0 Å². The maximum Gasteiger partial charge on any atom is 0.133 e. The highest BCUT2D eigenvalue weighted by Gasteiger charge is 2.36. The van der Waals surface area contributed by atoms with Gasteiger partial charge in [0.1, 0.15) is 5.78 Å². The summed E-state index contributed by atoms with van der Waals surface area (Å²) in [5.41, 5.74) is 0.325. The number of carbonyl (C=O) groups is 1. The molecule has 0 aromatic carbocycles. The van der Waals surface area contributed by atoms with Gasteiger partial charge in [-0.05, 0) is 25.2 Å². The summed E-state index contributed by atoms with van der Waals surface area (Å²) in [5, 5.41) is 0. The van der Waals surface area contributed by atoms with Crippen LogP contribution in [0.25, 0.3) is 0 Å². The van der Waals surface area contributed by atoms with E-state index < -0.39 is 0 Å². The zero-order chi connectivity index (χ0) is 8.48. The van der Waals surface area contributed by atoms with Gasteiger partial charge in [0.15, 0.2) is 0 Å². The first-order valence-corrected chi connectivity index (χ1v) is 4.57. The average molecular weight is 154 g/mol. The molecule has 0 saturated heterocycles. The quantitative estimate of drug-likeness (QED) is 0.597. The molecule has 0 aromatic rings. The van der Waals surface area contributed by atoms with Crippen molar-refractivity contribution >= 4 is 5.78 Å². The fraction of sp³-hybridized carbons (Fsp3) is 0.900. The van der Waals surface area contributed by atoms with Crippen molar-refractivity contribution in [1.29, 1.82) is 0 Å². The Morgan fingerprint density at radius 1 is 1.36 bits per heavy atom. The second-order valence-corrected chi connectivity index (χ2v) is 4.19. The fourth-order valence-corrected chi connectivity index (χ4v) is 2.11. The van der Waals surface area contributed by atoms with Crippen molar-refractivity contribution in [3.8, 4) is 0 Å². The van der Waals surface area contributed by atoms with Crippen molar-refractivity contribution in [2.24, 2.45) is 11.3 Å². The van der Waals surface area contributed by atoms with Gasteiger partial charge in [-0.3, -0.25) is 4.79 Å². The molecule has 1 nitrogen and oxygen atoms in total. The molecule has 1 atom stereocenters. The van der Waals surface area contributed by atoms with Crippen molar-refractivity contribution in [3.05, 3.63) is 0 Å². The maximum absolute atomic E-state index is 11.1. The van der Waals surface area contributed by atoms with Crippen molar-refractivity contribution in [3.63, 3.8) is 0 Å². The molecule has 1 unspecified atom stereocenters. The first-order valence-electron chi connectivity index (χ1n) is 4.57. The second-order valence-electron chi connectivity index (χ2n) is 4.19. The molecule has 1 fully saturated rings. The summed E-state index contributed by atoms with van der Waals surface area (Å²) in [6.45, 7) is 6.05. The predicted molar refractivity (Wildman–Crippen MR) is 46.4 cm³/mol. The Kier molecular flexibility index (Phi) is 2.36. The Morgan fingerprint density at radius 3 is 2.18 bits per heavy atom. The van der Waals surface area contributed by atoms with Gasteiger partial charge < -0.3 is 0 Å². The minimum absolute atomic E-state index is 0.269. The van der Waals surface area contributed by atoms with Crippen LogP contribution in [0.1, 0.15) is 46.5 Å². The molecule has 0 amide bonds. The highest BCUT2D eigenvalue weighted by atomic mass is 16.1. The number of hydrogen-bond donors (Lipinski definition) is 0. The van der Waals surface area contributed by atoms with E-state index in [-0.39, 0.29) is 5.92 Å². The fourth-order valence-electron chi connectivity index (χ4n) is 2.11. The molecule has 11 heavy (non-hydrogen) atoms. The largest absolute Gasteiger partial charge is 0.300 e. The van der Waals surface area contributed by atoms with Crippen LogP contribution in [0.3, 0.4) is 0 Å². The average Bonchev–Trinajstić information content (AvgIpc) is 2.35. The van der Waals surface area contributed by atoms with Crippen molar-refractivity contribution in [2.45, 2.75) is 46.5 Å². The third-order valence-electron chi connectivity index (χ3n) is 3.40. The van der Waals surface area contributed by atoms with Crippen LogP contribution >= 0.6 is 0 Å². The van der Waals surface area contributed by atoms with E-state index in [0.29, 0.717) is 11.2 Å². The summed E-state index contributed by atoms with van der Waals surface area (Å²) in [6.07, 6.45) is 5.11. The van der Waals surface area contributed by atoms with Crippen molar-refractivity contribution in [2.75, 3.05) is 0 Å². The molecule has 0 heterocycles. The van der Waals surface area contributed by atoms with Crippen LogP contribution in [0.4, 0.5) is 0 Å². The highest BCUT2D eigenvalue weighted by Crippen LogP contribution is 2.43. The van der Waals surface area contributed by atoms with Gasteiger partial charge in [-0.1, -0.05) is 26.7 Å². The van der Waals surface area contributed by atoms with E-state index in [2.05, 4.69) is 13.8 Å². The molecule has 1 heteroatoms. The van der Waals surface area contributed by atoms with Gasteiger partial charge in [0.25, 0.3) is 0 Å².